The van der Waals surface area contributed by atoms with Gasteiger partial charge in [0, 0.05) is 25.3 Å². The van der Waals surface area contributed by atoms with Crippen molar-refractivity contribution in [3.63, 3.8) is 0 Å². The molecule has 0 saturated carbocycles. The van der Waals surface area contributed by atoms with Crippen LogP contribution in [0.2, 0.25) is 0 Å². The fourth-order valence-electron chi connectivity index (χ4n) is 2.87. The maximum Gasteiger partial charge on any atom is 0.129 e. The van der Waals surface area contributed by atoms with Gasteiger partial charge < -0.3 is 9.47 Å². The average molecular weight is 229 g/mol. The minimum Gasteiger partial charge on any atom is -0.378 e. The lowest BCUT2D eigenvalue weighted by molar-refractivity contribution is -0.192. The van der Waals surface area contributed by atoms with Gasteiger partial charge in [-0.2, -0.15) is 11.8 Å². The second kappa shape index (κ2) is 3.91. The summed E-state index contributed by atoms with van der Waals surface area (Å²) in [6.45, 7) is 2.77. The highest BCUT2D eigenvalue weighted by Gasteiger charge is 2.48. The van der Waals surface area contributed by atoms with E-state index < -0.39 is 0 Å². The molecule has 3 aliphatic heterocycles. The molecule has 0 amide bonds. The molecule has 3 nitrogen and oxygen atoms in total. The van der Waals surface area contributed by atoms with Gasteiger partial charge in [0.15, 0.2) is 0 Å². The molecule has 3 saturated heterocycles. The van der Waals surface area contributed by atoms with E-state index in [1.165, 1.54) is 18.6 Å². The summed E-state index contributed by atoms with van der Waals surface area (Å²) < 4.78 is 11.9. The van der Waals surface area contributed by atoms with Gasteiger partial charge in [-0.3, -0.25) is 5.32 Å². The van der Waals surface area contributed by atoms with Crippen LogP contribution in [0.15, 0.2) is 0 Å². The van der Waals surface area contributed by atoms with Crippen molar-refractivity contribution in [1.82, 2.24) is 5.32 Å². The van der Waals surface area contributed by atoms with Crippen LogP contribution in [0.4, 0.5) is 0 Å². The second-order valence-corrected chi connectivity index (χ2v) is 6.02. The van der Waals surface area contributed by atoms with Gasteiger partial charge in [0.25, 0.3) is 0 Å². The lowest BCUT2D eigenvalue weighted by Gasteiger charge is -2.48. The third-order valence-corrected chi connectivity index (χ3v) is 4.96. The van der Waals surface area contributed by atoms with Gasteiger partial charge in [0.1, 0.15) is 5.72 Å². The maximum atomic E-state index is 6.41. The van der Waals surface area contributed by atoms with Crippen molar-refractivity contribution in [2.75, 3.05) is 31.3 Å². The predicted molar refractivity (Wildman–Crippen MR) is 61.2 cm³/mol. The van der Waals surface area contributed by atoms with E-state index in [0.29, 0.717) is 0 Å². The Kier molecular flexibility index (Phi) is 2.71. The van der Waals surface area contributed by atoms with Crippen molar-refractivity contribution >= 4 is 11.8 Å². The van der Waals surface area contributed by atoms with E-state index in [4.69, 9.17) is 9.47 Å². The molecule has 3 fully saturated rings. The number of hydrogen-bond acceptors (Lipinski definition) is 4. The highest BCUT2D eigenvalue weighted by molar-refractivity contribution is 7.99. The van der Waals surface area contributed by atoms with Crippen LogP contribution in [-0.4, -0.2) is 42.6 Å². The number of thioether (sulfide) groups is 1. The molecule has 0 bridgehead atoms. The molecular weight excluding hydrogens is 210 g/mol. The molecule has 0 aromatic carbocycles. The highest BCUT2D eigenvalue weighted by atomic mass is 32.2. The van der Waals surface area contributed by atoms with Crippen LogP contribution < -0.4 is 5.32 Å². The lowest BCUT2D eigenvalue weighted by Crippen LogP contribution is -2.62. The molecule has 0 aliphatic carbocycles. The molecule has 0 aromatic rings. The predicted octanol–water partition coefficient (Wildman–Crippen LogP) is 1.38. The van der Waals surface area contributed by atoms with Crippen molar-refractivity contribution < 1.29 is 9.47 Å². The molecule has 4 heteroatoms. The maximum absolute atomic E-state index is 6.41. The van der Waals surface area contributed by atoms with Crippen LogP contribution in [0.1, 0.15) is 25.7 Å². The Morgan fingerprint density at radius 1 is 1.20 bits per heavy atom. The average Bonchev–Trinajstić information content (AvgIpc) is 2.67. The number of hydrogen-bond donors (Lipinski definition) is 1. The minimum atomic E-state index is -0.0329. The summed E-state index contributed by atoms with van der Waals surface area (Å²) in [5.74, 6) is 2.39. The van der Waals surface area contributed by atoms with Crippen LogP contribution in [0.5, 0.6) is 0 Å². The van der Waals surface area contributed by atoms with Crippen molar-refractivity contribution in [3.05, 3.63) is 0 Å². The molecule has 15 heavy (non-hydrogen) atoms. The SMILES string of the molecule is C1CSCC2(C1)NCCC1(CCOC1)O2. The minimum absolute atomic E-state index is 0.0329. The molecule has 2 spiro atoms. The zero-order valence-electron chi connectivity index (χ0n) is 9.09. The number of nitrogens with one attached hydrogen (secondary N) is 1. The Morgan fingerprint density at radius 3 is 2.93 bits per heavy atom. The summed E-state index contributed by atoms with van der Waals surface area (Å²) in [6, 6.07) is 0. The monoisotopic (exact) mass is 229 g/mol. The van der Waals surface area contributed by atoms with Gasteiger partial charge in [-0.1, -0.05) is 0 Å². The Balaban J connectivity index is 1.74. The summed E-state index contributed by atoms with van der Waals surface area (Å²) >= 11 is 2.01. The Labute approximate surface area is 95.3 Å². The molecule has 0 aromatic heterocycles. The first-order valence-corrected chi connectivity index (χ1v) is 7.09. The van der Waals surface area contributed by atoms with Crippen molar-refractivity contribution in [2.45, 2.75) is 37.0 Å². The quantitative estimate of drug-likeness (QED) is 0.680. The van der Waals surface area contributed by atoms with E-state index in [0.717, 1.165) is 38.4 Å². The zero-order chi connectivity index (χ0) is 10.2. The third kappa shape index (κ3) is 1.93. The Bertz CT molecular complexity index is 229. The van der Waals surface area contributed by atoms with Gasteiger partial charge >= 0.3 is 0 Å². The smallest absolute Gasteiger partial charge is 0.129 e. The molecule has 3 aliphatic rings. The highest BCUT2D eigenvalue weighted by Crippen LogP contribution is 2.39. The molecule has 86 valence electrons. The summed E-state index contributed by atoms with van der Waals surface area (Å²) in [4.78, 5) is 0. The van der Waals surface area contributed by atoms with Crippen LogP contribution in [0, 0.1) is 0 Å². The summed E-state index contributed by atoms with van der Waals surface area (Å²) in [5, 5.41) is 3.59. The summed E-state index contributed by atoms with van der Waals surface area (Å²) in [6.07, 6.45) is 4.64. The number of rotatable bonds is 0. The fourth-order valence-corrected chi connectivity index (χ4v) is 4.00. The summed E-state index contributed by atoms with van der Waals surface area (Å²) in [5.41, 5.74) is 0.0119. The largest absolute Gasteiger partial charge is 0.378 e. The van der Waals surface area contributed by atoms with Crippen molar-refractivity contribution in [2.24, 2.45) is 0 Å². The molecule has 3 heterocycles. The molecule has 1 N–H and O–H groups in total. The van der Waals surface area contributed by atoms with Crippen LogP contribution >= 0.6 is 11.8 Å². The van der Waals surface area contributed by atoms with E-state index in [1.807, 2.05) is 11.8 Å². The standard InChI is InChI=1S/C11H19NO2S/c1-2-11(9-15-7-1)12-5-3-10(14-11)4-6-13-8-10/h12H,1-9H2. The molecule has 0 radical (unpaired) electrons. The molecule has 2 atom stereocenters. The van der Waals surface area contributed by atoms with E-state index in [2.05, 4.69) is 5.32 Å². The van der Waals surface area contributed by atoms with E-state index in [-0.39, 0.29) is 11.3 Å². The number of ether oxygens (including phenoxy) is 2. The van der Waals surface area contributed by atoms with Gasteiger partial charge in [-0.25, -0.2) is 0 Å². The summed E-state index contributed by atoms with van der Waals surface area (Å²) in [7, 11) is 0. The topological polar surface area (TPSA) is 30.5 Å². The van der Waals surface area contributed by atoms with E-state index >= 15 is 0 Å². The van der Waals surface area contributed by atoms with Gasteiger partial charge in [0.2, 0.25) is 0 Å². The molecule has 2 unspecified atom stereocenters. The third-order valence-electron chi connectivity index (χ3n) is 3.71. The fraction of sp³-hybridized carbons (Fsp3) is 1.00. The van der Waals surface area contributed by atoms with E-state index in [1.54, 1.807) is 0 Å². The lowest BCUT2D eigenvalue weighted by atomic mass is 9.93. The Morgan fingerprint density at radius 2 is 2.20 bits per heavy atom. The van der Waals surface area contributed by atoms with Gasteiger partial charge in [0.05, 0.1) is 12.2 Å². The first kappa shape index (κ1) is 10.4. The Hall–Kier alpha value is 0.230. The van der Waals surface area contributed by atoms with Crippen molar-refractivity contribution in [3.8, 4) is 0 Å². The van der Waals surface area contributed by atoms with E-state index in [9.17, 15) is 0 Å². The first-order chi connectivity index (χ1) is 7.33. The van der Waals surface area contributed by atoms with Gasteiger partial charge in [-0.15, -0.1) is 0 Å². The zero-order valence-corrected chi connectivity index (χ0v) is 9.91. The van der Waals surface area contributed by atoms with Crippen molar-refractivity contribution in [1.29, 1.82) is 0 Å². The van der Waals surface area contributed by atoms with Gasteiger partial charge in [-0.05, 0) is 25.0 Å². The normalized spacial score (nSPS) is 46.4. The first-order valence-electron chi connectivity index (χ1n) is 5.93. The molecular formula is C11H19NO2S. The molecule has 3 rings (SSSR count). The second-order valence-electron chi connectivity index (χ2n) is 4.91. The van der Waals surface area contributed by atoms with Crippen LogP contribution in [0.25, 0.3) is 0 Å². The van der Waals surface area contributed by atoms with Crippen LogP contribution in [0.3, 0.4) is 0 Å². The van der Waals surface area contributed by atoms with Crippen LogP contribution in [-0.2, 0) is 9.47 Å².